The van der Waals surface area contributed by atoms with Gasteiger partial charge in [0.1, 0.15) is 5.25 Å². The van der Waals surface area contributed by atoms with Gasteiger partial charge in [0.25, 0.3) is 0 Å². The molecule has 1 N–H and O–H groups in total. The molecule has 4 rings (SSSR count). The van der Waals surface area contributed by atoms with Crippen LogP contribution in [-0.2, 0) is 16.1 Å². The lowest BCUT2D eigenvalue weighted by molar-refractivity contribution is -0.132. The zero-order valence-electron chi connectivity index (χ0n) is 19.9. The van der Waals surface area contributed by atoms with E-state index < -0.39 is 0 Å². The Bertz CT molecular complexity index is 937. The van der Waals surface area contributed by atoms with Crippen molar-refractivity contribution in [3.05, 3.63) is 53.5 Å². The molecule has 2 atom stereocenters. The van der Waals surface area contributed by atoms with Crippen LogP contribution in [0.3, 0.4) is 0 Å². The number of unbranched alkanes of at least 4 members (excludes halogenated alkanes) is 1. The number of amides is 4. The highest BCUT2D eigenvalue weighted by atomic mass is 32.2. The summed E-state index contributed by atoms with van der Waals surface area (Å²) in [6.07, 6.45) is 9.22. The van der Waals surface area contributed by atoms with Crippen LogP contribution in [0.5, 0.6) is 0 Å². The van der Waals surface area contributed by atoms with E-state index in [0.29, 0.717) is 13.1 Å². The number of hydrogen-bond donors (Lipinski definition) is 1. The number of nitrogens with zero attached hydrogens (tertiary/aromatic N) is 2. The molecular weight excluding hydrogens is 446 g/mol. The van der Waals surface area contributed by atoms with Crippen LogP contribution in [0.4, 0.5) is 4.79 Å². The Labute approximate surface area is 206 Å². The van der Waals surface area contributed by atoms with E-state index in [9.17, 15) is 14.4 Å². The zero-order chi connectivity index (χ0) is 24.1. The highest BCUT2D eigenvalue weighted by Gasteiger charge is 2.47. The first-order valence-corrected chi connectivity index (χ1v) is 13.4. The van der Waals surface area contributed by atoms with Crippen molar-refractivity contribution in [2.45, 2.75) is 63.3 Å². The van der Waals surface area contributed by atoms with Gasteiger partial charge in [-0.3, -0.25) is 14.5 Å². The first-order valence-electron chi connectivity index (χ1n) is 12.4. The molecule has 7 heteroatoms. The van der Waals surface area contributed by atoms with Gasteiger partial charge < -0.3 is 10.2 Å². The van der Waals surface area contributed by atoms with Gasteiger partial charge in [0.05, 0.1) is 6.04 Å². The van der Waals surface area contributed by atoms with Gasteiger partial charge in [0, 0.05) is 25.6 Å². The first kappa shape index (κ1) is 24.6. The third-order valence-corrected chi connectivity index (χ3v) is 8.30. The lowest BCUT2D eigenvalue weighted by Crippen LogP contribution is -2.62. The number of benzene rings is 1. The smallest absolute Gasteiger partial charge is 0.327 e. The molecule has 0 spiro atoms. The van der Waals surface area contributed by atoms with Crippen molar-refractivity contribution in [2.24, 2.45) is 11.8 Å². The van der Waals surface area contributed by atoms with E-state index in [-0.39, 0.29) is 41.0 Å². The molecule has 4 amide bonds. The molecule has 1 aromatic rings. The molecule has 2 aliphatic heterocycles. The monoisotopic (exact) mass is 481 g/mol. The van der Waals surface area contributed by atoms with Gasteiger partial charge in [-0.1, -0.05) is 56.3 Å². The average Bonchev–Trinajstić information content (AvgIpc) is 3.35. The van der Waals surface area contributed by atoms with Gasteiger partial charge in [-0.05, 0) is 54.6 Å². The van der Waals surface area contributed by atoms with Crippen molar-refractivity contribution < 1.29 is 14.4 Å². The Morgan fingerprint density at radius 2 is 1.91 bits per heavy atom. The average molecular weight is 482 g/mol. The van der Waals surface area contributed by atoms with E-state index in [4.69, 9.17) is 0 Å². The summed E-state index contributed by atoms with van der Waals surface area (Å²) in [6, 6.07) is 7.60. The number of fused-ring (bicyclic) bond motifs is 1. The molecule has 6 nitrogen and oxygen atoms in total. The topological polar surface area (TPSA) is 69.7 Å². The maximum absolute atomic E-state index is 13.5. The van der Waals surface area contributed by atoms with E-state index in [2.05, 4.69) is 18.8 Å². The van der Waals surface area contributed by atoms with Crippen molar-refractivity contribution in [2.75, 3.05) is 13.1 Å². The predicted octanol–water partition coefficient (Wildman–Crippen LogP) is 4.81. The van der Waals surface area contributed by atoms with Crippen molar-refractivity contribution >= 4 is 35.7 Å². The summed E-state index contributed by atoms with van der Waals surface area (Å²) >= 11 is 1.50. The number of carbonyl (C=O) groups excluding carboxylic acids is 3. The number of thioether (sulfide) groups is 1. The van der Waals surface area contributed by atoms with Gasteiger partial charge in [-0.25, -0.2) is 4.79 Å². The molecular formula is C27H35N3O3S. The third kappa shape index (κ3) is 5.40. The molecule has 2 unspecified atom stereocenters. The van der Waals surface area contributed by atoms with E-state index in [0.717, 1.165) is 56.2 Å². The van der Waals surface area contributed by atoms with Crippen molar-refractivity contribution in [3.8, 4) is 0 Å². The molecule has 1 saturated heterocycles. The Kier molecular flexibility index (Phi) is 8.14. The van der Waals surface area contributed by atoms with Crippen LogP contribution in [-0.4, -0.2) is 52.0 Å². The maximum Gasteiger partial charge on any atom is 0.327 e. The molecule has 0 aromatic heterocycles. The molecule has 3 aliphatic rings. The van der Waals surface area contributed by atoms with Gasteiger partial charge >= 0.3 is 6.03 Å². The molecule has 34 heavy (non-hydrogen) atoms. The minimum Gasteiger partial charge on any atom is -0.356 e. The zero-order valence-corrected chi connectivity index (χ0v) is 20.8. The highest BCUT2D eigenvalue weighted by molar-refractivity contribution is 8.03. The number of rotatable bonds is 9. The summed E-state index contributed by atoms with van der Waals surface area (Å²) in [5.74, 6) is 0.372. The SMILES string of the molecule is C=Cc1ccc(CN2C(=O)N(CC3CCC(C(=O)NCCCC)CC3)C(=O)C3SC=CC32)cc1. The van der Waals surface area contributed by atoms with E-state index >= 15 is 0 Å². The summed E-state index contributed by atoms with van der Waals surface area (Å²) in [6.45, 7) is 7.56. The highest BCUT2D eigenvalue weighted by Crippen LogP contribution is 2.37. The molecule has 1 aliphatic carbocycles. The quantitative estimate of drug-likeness (QED) is 0.514. The lowest BCUT2D eigenvalue weighted by Gasteiger charge is -2.43. The van der Waals surface area contributed by atoms with Gasteiger partial charge in [-0.2, -0.15) is 0 Å². The summed E-state index contributed by atoms with van der Waals surface area (Å²) < 4.78 is 0. The second-order valence-electron chi connectivity index (χ2n) is 9.54. The number of hydrogen-bond acceptors (Lipinski definition) is 4. The van der Waals surface area contributed by atoms with Crippen LogP contribution >= 0.6 is 11.8 Å². The molecule has 0 radical (unpaired) electrons. The molecule has 1 aromatic carbocycles. The van der Waals surface area contributed by atoms with Crippen LogP contribution < -0.4 is 5.32 Å². The standard InChI is InChI=1S/C27H35N3O3S/c1-3-5-15-28-25(31)22-12-10-21(11-13-22)18-30-26(32)24-23(14-16-34-24)29(27(30)33)17-20-8-6-19(4-2)7-9-20/h4,6-9,14,16,21-24H,2-3,5,10-13,15,17-18H2,1H3,(H,28,31). The Morgan fingerprint density at radius 3 is 2.59 bits per heavy atom. The second-order valence-corrected chi connectivity index (χ2v) is 10.6. The minimum absolute atomic E-state index is 0.0508. The summed E-state index contributed by atoms with van der Waals surface area (Å²) in [4.78, 5) is 42.5. The minimum atomic E-state index is -0.272. The fraction of sp³-hybridized carbons (Fsp3) is 0.519. The van der Waals surface area contributed by atoms with Crippen molar-refractivity contribution in [1.82, 2.24) is 15.1 Å². The first-order chi connectivity index (χ1) is 16.5. The van der Waals surface area contributed by atoms with Gasteiger partial charge in [0.15, 0.2) is 0 Å². The normalized spacial score (nSPS) is 26.5. The number of imide groups is 1. The molecule has 182 valence electrons. The fourth-order valence-electron chi connectivity index (χ4n) is 5.09. The summed E-state index contributed by atoms with van der Waals surface area (Å²) in [5, 5.41) is 4.72. The maximum atomic E-state index is 13.5. The van der Waals surface area contributed by atoms with Crippen molar-refractivity contribution in [3.63, 3.8) is 0 Å². The van der Waals surface area contributed by atoms with Gasteiger partial charge in [0.2, 0.25) is 11.8 Å². The van der Waals surface area contributed by atoms with Crippen LogP contribution in [0.2, 0.25) is 0 Å². The van der Waals surface area contributed by atoms with Crippen LogP contribution in [0, 0.1) is 11.8 Å². The lowest BCUT2D eigenvalue weighted by atomic mass is 9.81. The van der Waals surface area contributed by atoms with Gasteiger partial charge in [-0.15, -0.1) is 11.8 Å². The van der Waals surface area contributed by atoms with E-state index in [1.807, 2.05) is 40.6 Å². The van der Waals surface area contributed by atoms with Crippen LogP contribution in [0.25, 0.3) is 6.08 Å². The van der Waals surface area contributed by atoms with Crippen molar-refractivity contribution in [1.29, 1.82) is 0 Å². The molecule has 0 bridgehead atoms. The summed E-state index contributed by atoms with van der Waals surface area (Å²) in [7, 11) is 0. The van der Waals surface area contributed by atoms with Crippen LogP contribution in [0.1, 0.15) is 56.6 Å². The van der Waals surface area contributed by atoms with E-state index in [1.54, 1.807) is 6.08 Å². The Morgan fingerprint density at radius 1 is 1.18 bits per heavy atom. The number of urea groups is 1. The van der Waals surface area contributed by atoms with Crippen LogP contribution in [0.15, 0.2) is 42.3 Å². The largest absolute Gasteiger partial charge is 0.356 e. The molecule has 1 saturated carbocycles. The Balaban J connectivity index is 1.38. The molecule has 2 heterocycles. The number of nitrogens with one attached hydrogen (secondary N) is 1. The Hall–Kier alpha value is -2.54. The molecule has 2 fully saturated rings. The fourth-order valence-corrected chi connectivity index (χ4v) is 6.15. The summed E-state index contributed by atoms with van der Waals surface area (Å²) in [5.41, 5.74) is 2.07. The second kappa shape index (κ2) is 11.3. The predicted molar refractivity (Wildman–Crippen MR) is 137 cm³/mol. The third-order valence-electron chi connectivity index (χ3n) is 7.21. The van der Waals surface area contributed by atoms with E-state index in [1.165, 1.54) is 16.7 Å². The number of carbonyl (C=O) groups is 3.